The van der Waals surface area contributed by atoms with Crippen LogP contribution in [-0.2, 0) is 13.1 Å². The number of thiazole rings is 1. The fraction of sp³-hybridized carbons (Fsp3) is 0.250. The van der Waals surface area contributed by atoms with Gasteiger partial charge in [-0.15, -0.1) is 11.3 Å². The van der Waals surface area contributed by atoms with E-state index in [0.29, 0.717) is 5.69 Å². The second-order valence-corrected chi connectivity index (χ2v) is 4.53. The Hall–Kier alpha value is -1.77. The maximum Gasteiger partial charge on any atom is 0.140 e. The van der Waals surface area contributed by atoms with Crippen LogP contribution in [0.4, 0.5) is 0 Å². The van der Waals surface area contributed by atoms with Crippen molar-refractivity contribution in [3.05, 3.63) is 46.2 Å². The summed E-state index contributed by atoms with van der Waals surface area (Å²) in [5.41, 5.74) is 4.47. The Labute approximate surface area is 104 Å². The van der Waals surface area contributed by atoms with Crippen molar-refractivity contribution >= 4 is 11.3 Å². The third-order valence-corrected chi connectivity index (χ3v) is 2.94. The Bertz CT molecular complexity index is 516. The third kappa shape index (κ3) is 3.34. The van der Waals surface area contributed by atoms with Crippen molar-refractivity contribution in [1.82, 2.24) is 14.9 Å². The number of hydrogen-bond donors (Lipinski definition) is 0. The van der Waals surface area contributed by atoms with Gasteiger partial charge in [0.1, 0.15) is 11.8 Å². The largest absolute Gasteiger partial charge is 0.296 e. The molecule has 0 amide bonds. The molecule has 0 aliphatic heterocycles. The van der Waals surface area contributed by atoms with E-state index in [4.69, 9.17) is 5.26 Å². The second-order valence-electron chi connectivity index (χ2n) is 3.81. The molecular formula is C12H12N4S. The van der Waals surface area contributed by atoms with Crippen molar-refractivity contribution in [1.29, 1.82) is 5.26 Å². The maximum atomic E-state index is 8.77. The van der Waals surface area contributed by atoms with Gasteiger partial charge in [0, 0.05) is 24.7 Å². The molecule has 0 aliphatic rings. The molecule has 0 saturated heterocycles. The molecule has 5 heteroatoms. The van der Waals surface area contributed by atoms with Crippen LogP contribution >= 0.6 is 11.3 Å². The summed E-state index contributed by atoms with van der Waals surface area (Å²) in [6, 6.07) is 5.79. The van der Waals surface area contributed by atoms with Crippen molar-refractivity contribution in [2.24, 2.45) is 0 Å². The van der Waals surface area contributed by atoms with E-state index < -0.39 is 0 Å². The summed E-state index contributed by atoms with van der Waals surface area (Å²) in [7, 11) is 2.03. The van der Waals surface area contributed by atoms with E-state index in [1.807, 2.05) is 36.1 Å². The number of aromatic nitrogens is 2. The molecule has 0 aliphatic carbocycles. The molecule has 0 radical (unpaired) electrons. The van der Waals surface area contributed by atoms with Crippen LogP contribution in [0.25, 0.3) is 0 Å². The quantitative estimate of drug-likeness (QED) is 0.826. The van der Waals surface area contributed by atoms with Gasteiger partial charge in [-0.2, -0.15) is 5.26 Å². The highest BCUT2D eigenvalue weighted by atomic mass is 32.1. The zero-order chi connectivity index (χ0) is 12.1. The van der Waals surface area contributed by atoms with Gasteiger partial charge in [-0.25, -0.2) is 9.97 Å². The molecule has 2 rings (SSSR count). The Morgan fingerprint density at radius 3 is 3.00 bits per heavy atom. The number of nitrogens with zero attached hydrogens (tertiary/aromatic N) is 4. The summed E-state index contributed by atoms with van der Waals surface area (Å²) in [4.78, 5) is 10.4. The monoisotopic (exact) mass is 244 g/mol. The van der Waals surface area contributed by atoms with Crippen molar-refractivity contribution < 1.29 is 0 Å². The summed E-state index contributed by atoms with van der Waals surface area (Å²) >= 11 is 1.60. The Kier molecular flexibility index (Phi) is 3.81. The van der Waals surface area contributed by atoms with Crippen LogP contribution in [0, 0.1) is 11.3 Å². The lowest BCUT2D eigenvalue weighted by Crippen LogP contribution is -2.17. The first-order valence-electron chi connectivity index (χ1n) is 5.18. The van der Waals surface area contributed by atoms with E-state index >= 15 is 0 Å². The van der Waals surface area contributed by atoms with E-state index in [0.717, 1.165) is 24.3 Å². The molecule has 0 unspecified atom stereocenters. The number of pyridine rings is 1. The standard InChI is InChI=1S/C12H12N4S/c1-16(7-12-8-17-9-15-12)6-10-2-3-14-11(4-10)5-13/h2-4,8-9H,6-7H2,1H3. The van der Waals surface area contributed by atoms with Crippen LogP contribution in [-0.4, -0.2) is 21.9 Å². The smallest absolute Gasteiger partial charge is 0.140 e. The van der Waals surface area contributed by atoms with Gasteiger partial charge >= 0.3 is 0 Å². The Balaban J connectivity index is 1.98. The highest BCUT2D eigenvalue weighted by molar-refractivity contribution is 7.07. The van der Waals surface area contributed by atoms with Gasteiger partial charge in [0.05, 0.1) is 11.2 Å². The van der Waals surface area contributed by atoms with Crippen LogP contribution in [0.1, 0.15) is 17.0 Å². The molecule has 0 bridgehead atoms. The van der Waals surface area contributed by atoms with E-state index in [9.17, 15) is 0 Å². The van der Waals surface area contributed by atoms with Crippen molar-refractivity contribution in [3.8, 4) is 6.07 Å². The van der Waals surface area contributed by atoms with E-state index in [2.05, 4.69) is 14.9 Å². The lowest BCUT2D eigenvalue weighted by molar-refractivity contribution is 0.315. The Morgan fingerprint density at radius 1 is 1.41 bits per heavy atom. The van der Waals surface area contributed by atoms with Crippen LogP contribution in [0.2, 0.25) is 0 Å². The molecule has 0 N–H and O–H groups in total. The minimum Gasteiger partial charge on any atom is -0.296 e. The van der Waals surface area contributed by atoms with Gasteiger partial charge in [0.2, 0.25) is 0 Å². The van der Waals surface area contributed by atoms with Gasteiger partial charge in [0.15, 0.2) is 0 Å². The summed E-state index contributed by atoms with van der Waals surface area (Å²) in [6.45, 7) is 1.60. The number of nitriles is 1. The third-order valence-electron chi connectivity index (χ3n) is 2.31. The Morgan fingerprint density at radius 2 is 2.29 bits per heavy atom. The van der Waals surface area contributed by atoms with Crippen molar-refractivity contribution in [2.45, 2.75) is 13.1 Å². The number of rotatable bonds is 4. The normalized spacial score (nSPS) is 10.4. The highest BCUT2D eigenvalue weighted by Gasteiger charge is 2.04. The summed E-state index contributed by atoms with van der Waals surface area (Å²) in [5, 5.41) is 10.8. The van der Waals surface area contributed by atoms with E-state index in [1.54, 1.807) is 17.5 Å². The molecule has 2 heterocycles. The van der Waals surface area contributed by atoms with E-state index in [-0.39, 0.29) is 0 Å². The van der Waals surface area contributed by atoms with Crippen LogP contribution in [0.3, 0.4) is 0 Å². The molecule has 0 spiro atoms. The molecule has 0 atom stereocenters. The average molecular weight is 244 g/mol. The second kappa shape index (κ2) is 5.53. The maximum absolute atomic E-state index is 8.77. The van der Waals surface area contributed by atoms with Gasteiger partial charge in [-0.05, 0) is 24.7 Å². The van der Waals surface area contributed by atoms with Gasteiger partial charge in [-0.1, -0.05) is 0 Å². The highest BCUT2D eigenvalue weighted by Crippen LogP contribution is 2.08. The van der Waals surface area contributed by atoms with Gasteiger partial charge < -0.3 is 0 Å². The molecule has 2 aromatic heterocycles. The summed E-state index contributed by atoms with van der Waals surface area (Å²) in [6.07, 6.45) is 1.67. The molecule has 17 heavy (non-hydrogen) atoms. The van der Waals surface area contributed by atoms with Crippen LogP contribution in [0.5, 0.6) is 0 Å². The van der Waals surface area contributed by atoms with Crippen molar-refractivity contribution in [2.75, 3.05) is 7.05 Å². The predicted octanol–water partition coefficient (Wildman–Crippen LogP) is 2.04. The first kappa shape index (κ1) is 11.7. The summed E-state index contributed by atoms with van der Waals surface area (Å²) < 4.78 is 0. The molecule has 2 aromatic rings. The zero-order valence-corrected chi connectivity index (χ0v) is 10.3. The van der Waals surface area contributed by atoms with Gasteiger partial charge in [0.25, 0.3) is 0 Å². The van der Waals surface area contributed by atoms with Gasteiger partial charge in [-0.3, -0.25) is 4.90 Å². The minimum atomic E-state index is 0.463. The minimum absolute atomic E-state index is 0.463. The van der Waals surface area contributed by atoms with Crippen LogP contribution < -0.4 is 0 Å². The molecular weight excluding hydrogens is 232 g/mol. The number of hydrogen-bond acceptors (Lipinski definition) is 5. The predicted molar refractivity (Wildman–Crippen MR) is 66.2 cm³/mol. The molecule has 86 valence electrons. The lowest BCUT2D eigenvalue weighted by atomic mass is 10.2. The first-order chi connectivity index (χ1) is 8.28. The average Bonchev–Trinajstić information content (AvgIpc) is 2.82. The SMILES string of the molecule is CN(Cc1ccnc(C#N)c1)Cc1cscn1. The molecule has 0 saturated carbocycles. The zero-order valence-electron chi connectivity index (χ0n) is 9.50. The molecule has 4 nitrogen and oxygen atoms in total. The van der Waals surface area contributed by atoms with E-state index in [1.165, 1.54) is 0 Å². The summed E-state index contributed by atoms with van der Waals surface area (Å²) in [5.74, 6) is 0. The lowest BCUT2D eigenvalue weighted by Gasteiger charge is -2.15. The van der Waals surface area contributed by atoms with Crippen molar-refractivity contribution in [3.63, 3.8) is 0 Å². The fourth-order valence-corrected chi connectivity index (χ4v) is 2.14. The molecule has 0 aromatic carbocycles. The topological polar surface area (TPSA) is 52.8 Å². The fourth-order valence-electron chi connectivity index (χ4n) is 1.59. The first-order valence-corrected chi connectivity index (χ1v) is 6.13. The van der Waals surface area contributed by atoms with Crippen LogP contribution in [0.15, 0.2) is 29.2 Å². The molecule has 0 fully saturated rings.